The highest BCUT2D eigenvalue weighted by atomic mass is 35.5. The number of nitrogens with zero attached hydrogens (tertiary/aromatic N) is 1. The summed E-state index contributed by atoms with van der Waals surface area (Å²) in [7, 11) is 0. The molecule has 0 aliphatic rings. The van der Waals surface area contributed by atoms with E-state index in [0.717, 1.165) is 11.1 Å². The molecule has 0 atom stereocenters. The lowest BCUT2D eigenvalue weighted by molar-refractivity contribution is -0.115. The van der Waals surface area contributed by atoms with E-state index >= 15 is 0 Å². The zero-order valence-electron chi connectivity index (χ0n) is 13.7. The van der Waals surface area contributed by atoms with Crippen LogP contribution in [0, 0.1) is 0 Å². The number of rotatable bonds is 6. The van der Waals surface area contributed by atoms with E-state index in [0.29, 0.717) is 16.7 Å². The van der Waals surface area contributed by atoms with E-state index in [9.17, 15) is 9.59 Å². The maximum absolute atomic E-state index is 12.2. The van der Waals surface area contributed by atoms with E-state index in [4.69, 9.17) is 11.6 Å². The minimum atomic E-state index is -0.315. The number of halogens is 1. The molecule has 0 aliphatic heterocycles. The van der Waals surface area contributed by atoms with Crippen LogP contribution in [0.25, 0.3) is 0 Å². The van der Waals surface area contributed by atoms with Gasteiger partial charge in [0.25, 0.3) is 5.91 Å². The first kappa shape index (κ1) is 18.1. The maximum Gasteiger partial charge on any atom is 0.271 e. The number of amides is 2. The summed E-state index contributed by atoms with van der Waals surface area (Å²) in [4.78, 5) is 28.4. The van der Waals surface area contributed by atoms with Crippen LogP contribution in [-0.2, 0) is 17.8 Å². The third-order valence-corrected chi connectivity index (χ3v) is 4.71. The molecule has 0 unspecified atom stereocenters. The van der Waals surface area contributed by atoms with E-state index < -0.39 is 0 Å². The molecular weight excluding hydrogens is 370 g/mol. The first-order valence-corrected chi connectivity index (χ1v) is 9.18. The lowest BCUT2D eigenvalue weighted by atomic mass is 10.1. The van der Waals surface area contributed by atoms with Crippen molar-refractivity contribution >= 4 is 39.9 Å². The Kier molecular flexibility index (Phi) is 5.99. The molecule has 5 nitrogen and oxygen atoms in total. The summed E-state index contributed by atoms with van der Waals surface area (Å²) in [6.45, 7) is 0.311. The van der Waals surface area contributed by atoms with E-state index in [1.54, 1.807) is 11.4 Å². The van der Waals surface area contributed by atoms with Crippen LogP contribution in [0.1, 0.15) is 21.6 Å². The van der Waals surface area contributed by atoms with Crippen LogP contribution in [0.3, 0.4) is 0 Å². The number of carbonyl (C=O) groups excluding carboxylic acids is 2. The molecule has 3 aromatic rings. The molecule has 0 spiro atoms. The van der Waals surface area contributed by atoms with Crippen LogP contribution < -0.4 is 10.6 Å². The van der Waals surface area contributed by atoms with E-state index in [-0.39, 0.29) is 23.9 Å². The van der Waals surface area contributed by atoms with Crippen LogP contribution in [0.4, 0.5) is 5.13 Å². The van der Waals surface area contributed by atoms with Gasteiger partial charge < -0.3 is 10.6 Å². The molecule has 2 N–H and O–H groups in total. The van der Waals surface area contributed by atoms with E-state index in [2.05, 4.69) is 15.6 Å². The minimum absolute atomic E-state index is 0.173. The molecule has 7 heteroatoms. The minimum Gasteiger partial charge on any atom is -0.347 e. The average Bonchev–Trinajstić information content (AvgIpc) is 3.10. The van der Waals surface area contributed by atoms with Gasteiger partial charge in [0.2, 0.25) is 5.91 Å². The fourth-order valence-corrected chi connectivity index (χ4v) is 3.20. The number of hydrogen-bond donors (Lipinski definition) is 2. The van der Waals surface area contributed by atoms with Crippen LogP contribution in [0.5, 0.6) is 0 Å². The van der Waals surface area contributed by atoms with Gasteiger partial charge >= 0.3 is 0 Å². The predicted molar refractivity (Wildman–Crippen MR) is 104 cm³/mol. The highest BCUT2D eigenvalue weighted by molar-refractivity contribution is 7.14. The Morgan fingerprint density at radius 3 is 2.54 bits per heavy atom. The van der Waals surface area contributed by atoms with Gasteiger partial charge in [0.15, 0.2) is 5.13 Å². The van der Waals surface area contributed by atoms with Crippen molar-refractivity contribution in [3.63, 3.8) is 0 Å². The standard InChI is InChI=1S/C19H16ClN3O2S/c20-15-9-5-4-8-14(15)11-21-18(25)16-12-26-19(22-16)23-17(24)10-13-6-2-1-3-7-13/h1-9,12H,10-11H2,(H,21,25)(H,22,23,24). The number of thiazole rings is 1. The number of carbonyl (C=O) groups is 2. The lowest BCUT2D eigenvalue weighted by Crippen LogP contribution is -2.23. The van der Waals surface area contributed by atoms with Gasteiger partial charge in [-0.2, -0.15) is 0 Å². The molecule has 0 saturated heterocycles. The molecule has 0 bridgehead atoms. The highest BCUT2D eigenvalue weighted by Gasteiger charge is 2.13. The van der Waals surface area contributed by atoms with Gasteiger partial charge in [0.05, 0.1) is 6.42 Å². The van der Waals surface area contributed by atoms with Gasteiger partial charge in [-0.05, 0) is 17.2 Å². The molecule has 3 rings (SSSR count). The van der Waals surface area contributed by atoms with Gasteiger partial charge in [0, 0.05) is 16.9 Å². The Labute approximate surface area is 160 Å². The Hall–Kier alpha value is -2.70. The summed E-state index contributed by atoms with van der Waals surface area (Å²) in [5.41, 5.74) is 2.01. The van der Waals surface area contributed by atoms with E-state index in [1.165, 1.54) is 11.3 Å². The second kappa shape index (κ2) is 8.60. The van der Waals surface area contributed by atoms with Crippen molar-refractivity contribution in [3.05, 3.63) is 81.8 Å². The zero-order valence-corrected chi connectivity index (χ0v) is 15.3. The second-order valence-corrected chi connectivity index (χ2v) is 6.79. The Bertz CT molecular complexity index is 912. The van der Waals surface area contributed by atoms with Crippen molar-refractivity contribution in [3.8, 4) is 0 Å². The molecule has 2 aromatic carbocycles. The molecule has 0 radical (unpaired) electrons. The number of anilines is 1. The molecule has 2 amide bonds. The number of nitrogens with one attached hydrogen (secondary N) is 2. The van der Waals surface area contributed by atoms with Crippen molar-refractivity contribution in [1.82, 2.24) is 10.3 Å². The first-order valence-electron chi connectivity index (χ1n) is 7.93. The number of benzene rings is 2. The first-order chi connectivity index (χ1) is 12.6. The average molecular weight is 386 g/mol. The summed E-state index contributed by atoms with van der Waals surface area (Å²) < 4.78 is 0. The number of aromatic nitrogens is 1. The maximum atomic E-state index is 12.2. The molecule has 1 heterocycles. The summed E-state index contributed by atoms with van der Waals surface area (Å²) in [5, 5.41) is 8.09. The van der Waals surface area contributed by atoms with Crippen molar-refractivity contribution in [2.75, 3.05) is 5.32 Å². The monoisotopic (exact) mass is 385 g/mol. The normalized spacial score (nSPS) is 10.3. The second-order valence-electron chi connectivity index (χ2n) is 5.52. The Balaban J connectivity index is 1.54. The summed E-state index contributed by atoms with van der Waals surface area (Å²) >= 11 is 7.28. The topological polar surface area (TPSA) is 71.1 Å². The highest BCUT2D eigenvalue weighted by Crippen LogP contribution is 2.17. The third kappa shape index (κ3) is 4.91. The SMILES string of the molecule is O=C(Cc1ccccc1)Nc1nc(C(=O)NCc2ccccc2Cl)cs1. The van der Waals surface area contributed by atoms with Crippen LogP contribution in [0.15, 0.2) is 60.0 Å². The Morgan fingerprint density at radius 2 is 1.77 bits per heavy atom. The summed E-state index contributed by atoms with van der Waals surface area (Å²) in [5.74, 6) is -0.488. The van der Waals surface area contributed by atoms with Crippen LogP contribution in [-0.4, -0.2) is 16.8 Å². The molecule has 26 heavy (non-hydrogen) atoms. The predicted octanol–water partition coefficient (Wildman–Crippen LogP) is 3.91. The molecule has 1 aromatic heterocycles. The fraction of sp³-hybridized carbons (Fsp3) is 0.105. The number of hydrogen-bond acceptors (Lipinski definition) is 4. The largest absolute Gasteiger partial charge is 0.347 e. The third-order valence-electron chi connectivity index (χ3n) is 3.59. The van der Waals surface area contributed by atoms with Crippen LogP contribution in [0.2, 0.25) is 5.02 Å². The quantitative estimate of drug-likeness (QED) is 0.675. The molecule has 132 valence electrons. The zero-order chi connectivity index (χ0) is 18.4. The van der Waals surface area contributed by atoms with E-state index in [1.807, 2.05) is 48.5 Å². The smallest absolute Gasteiger partial charge is 0.271 e. The van der Waals surface area contributed by atoms with Gasteiger partial charge in [-0.3, -0.25) is 9.59 Å². The summed E-state index contributed by atoms with van der Waals surface area (Å²) in [6.07, 6.45) is 0.258. The molecule has 0 saturated carbocycles. The summed E-state index contributed by atoms with van der Waals surface area (Å²) in [6, 6.07) is 16.7. The van der Waals surface area contributed by atoms with Gasteiger partial charge in [-0.25, -0.2) is 4.98 Å². The van der Waals surface area contributed by atoms with Gasteiger partial charge in [0.1, 0.15) is 5.69 Å². The lowest BCUT2D eigenvalue weighted by Gasteiger charge is -2.05. The van der Waals surface area contributed by atoms with Crippen LogP contribution >= 0.6 is 22.9 Å². The molecule has 0 aliphatic carbocycles. The van der Waals surface area contributed by atoms with Gasteiger partial charge in [-0.1, -0.05) is 60.1 Å². The van der Waals surface area contributed by atoms with Crippen molar-refractivity contribution in [1.29, 1.82) is 0 Å². The fourth-order valence-electron chi connectivity index (χ4n) is 2.29. The van der Waals surface area contributed by atoms with Crippen molar-refractivity contribution in [2.24, 2.45) is 0 Å². The molecule has 0 fully saturated rings. The van der Waals surface area contributed by atoms with Crippen molar-refractivity contribution in [2.45, 2.75) is 13.0 Å². The van der Waals surface area contributed by atoms with Gasteiger partial charge in [-0.15, -0.1) is 11.3 Å². The van der Waals surface area contributed by atoms with Crippen molar-refractivity contribution < 1.29 is 9.59 Å². The Morgan fingerprint density at radius 1 is 1.04 bits per heavy atom. The molecular formula is C19H16ClN3O2S.